The highest BCUT2D eigenvalue weighted by Gasteiger charge is 2.30. The van der Waals surface area contributed by atoms with E-state index in [0.717, 1.165) is 0 Å². The van der Waals surface area contributed by atoms with Crippen LogP contribution < -0.4 is 15.0 Å². The van der Waals surface area contributed by atoms with Gasteiger partial charge in [-0.2, -0.15) is 0 Å². The molecule has 0 bridgehead atoms. The van der Waals surface area contributed by atoms with Crippen LogP contribution in [0.5, 0.6) is 5.75 Å². The molecule has 0 fully saturated rings. The summed E-state index contributed by atoms with van der Waals surface area (Å²) in [5, 5.41) is 3.15. The minimum atomic E-state index is -0.275. The molecule has 6 nitrogen and oxygen atoms in total. The van der Waals surface area contributed by atoms with Gasteiger partial charge in [0.1, 0.15) is 17.6 Å². The Balaban J connectivity index is 1.85. The summed E-state index contributed by atoms with van der Waals surface area (Å²) >= 11 is 6.05. The lowest BCUT2D eigenvalue weighted by Gasteiger charge is -2.33. The molecule has 1 aliphatic heterocycles. The van der Waals surface area contributed by atoms with Gasteiger partial charge in [-0.05, 0) is 37.3 Å². The lowest BCUT2D eigenvalue weighted by Crippen LogP contribution is -2.42. The Bertz CT molecular complexity index is 787. The van der Waals surface area contributed by atoms with E-state index >= 15 is 0 Å². The summed E-state index contributed by atoms with van der Waals surface area (Å²) in [6, 6.07) is 8.44. The van der Waals surface area contributed by atoms with E-state index in [1.165, 1.54) is 6.92 Å². The van der Waals surface area contributed by atoms with Gasteiger partial charge in [0.25, 0.3) is 5.91 Å². The zero-order chi connectivity index (χ0) is 17.3. The quantitative estimate of drug-likeness (QED) is 0.925. The molecule has 24 heavy (non-hydrogen) atoms. The lowest BCUT2D eigenvalue weighted by atomic mass is 10.2. The van der Waals surface area contributed by atoms with Gasteiger partial charge in [-0.25, -0.2) is 0 Å². The van der Waals surface area contributed by atoms with E-state index in [4.69, 9.17) is 20.8 Å². The van der Waals surface area contributed by atoms with Crippen LogP contribution in [-0.4, -0.2) is 24.5 Å². The molecule has 3 rings (SSSR count). The second kappa shape index (κ2) is 6.57. The lowest BCUT2D eigenvalue weighted by molar-refractivity contribution is -0.119. The van der Waals surface area contributed by atoms with Crippen LogP contribution in [-0.2, 0) is 11.3 Å². The number of amides is 2. The molecule has 1 atom stereocenters. The molecular formula is C17H17ClN2O4. The molecule has 0 saturated carbocycles. The van der Waals surface area contributed by atoms with Crippen molar-refractivity contribution in [3.63, 3.8) is 0 Å². The molecule has 0 radical (unpaired) electrons. The van der Waals surface area contributed by atoms with Gasteiger partial charge in [0.05, 0.1) is 18.8 Å². The average molecular weight is 349 g/mol. The number of anilines is 1. The average Bonchev–Trinajstić information content (AvgIpc) is 3.01. The van der Waals surface area contributed by atoms with Crippen molar-refractivity contribution >= 4 is 29.1 Å². The van der Waals surface area contributed by atoms with E-state index in [0.29, 0.717) is 28.8 Å². The smallest absolute Gasteiger partial charge is 0.294 e. The molecule has 1 aliphatic rings. The molecule has 2 amide bonds. The molecule has 1 aromatic heterocycles. The van der Waals surface area contributed by atoms with Crippen LogP contribution in [0.15, 0.2) is 34.7 Å². The zero-order valence-corrected chi connectivity index (χ0v) is 14.1. The summed E-state index contributed by atoms with van der Waals surface area (Å²) in [7, 11) is 0. The Morgan fingerprint density at radius 2 is 2.12 bits per heavy atom. The summed E-state index contributed by atoms with van der Waals surface area (Å²) in [6.07, 6.45) is -0.142. The third-order valence-corrected chi connectivity index (χ3v) is 3.84. The molecule has 2 aromatic rings. The van der Waals surface area contributed by atoms with Crippen molar-refractivity contribution in [2.24, 2.45) is 0 Å². The van der Waals surface area contributed by atoms with E-state index in [1.54, 1.807) is 35.2 Å². The van der Waals surface area contributed by atoms with Gasteiger partial charge >= 0.3 is 0 Å². The van der Waals surface area contributed by atoms with E-state index in [9.17, 15) is 9.59 Å². The fourth-order valence-electron chi connectivity index (χ4n) is 2.54. The first-order chi connectivity index (χ1) is 11.4. The normalized spacial score (nSPS) is 16.3. The molecule has 1 unspecified atom stereocenters. The molecule has 2 heterocycles. The summed E-state index contributed by atoms with van der Waals surface area (Å²) in [6.45, 7) is 3.95. The molecule has 126 valence electrons. The Labute approximate surface area is 144 Å². The highest BCUT2D eigenvalue weighted by atomic mass is 35.5. The van der Waals surface area contributed by atoms with Crippen molar-refractivity contribution in [3.05, 3.63) is 46.9 Å². The monoisotopic (exact) mass is 348 g/mol. The number of rotatable bonds is 3. The van der Waals surface area contributed by atoms with E-state index in [2.05, 4.69) is 5.32 Å². The third kappa shape index (κ3) is 3.38. The van der Waals surface area contributed by atoms with Gasteiger partial charge in [-0.3, -0.25) is 14.5 Å². The second-order valence-electron chi connectivity index (χ2n) is 5.63. The molecule has 0 saturated heterocycles. The van der Waals surface area contributed by atoms with Crippen LogP contribution in [0, 0.1) is 0 Å². The minimum Gasteiger partial charge on any atom is -0.487 e. The second-order valence-corrected chi connectivity index (χ2v) is 6.07. The first-order valence-electron chi connectivity index (χ1n) is 7.55. The SMILES string of the molecule is CC(=O)NCc1ccc(C(=O)N2CC(C)Oc3ccc(Cl)cc32)o1. The number of nitrogens with zero attached hydrogens (tertiary/aromatic N) is 1. The summed E-state index contributed by atoms with van der Waals surface area (Å²) in [5.74, 6) is 0.890. The molecule has 7 heteroatoms. The van der Waals surface area contributed by atoms with Gasteiger partial charge in [0.2, 0.25) is 5.91 Å². The van der Waals surface area contributed by atoms with Gasteiger partial charge in [0, 0.05) is 11.9 Å². The Morgan fingerprint density at radius 3 is 2.88 bits per heavy atom. The van der Waals surface area contributed by atoms with E-state index < -0.39 is 0 Å². The first-order valence-corrected chi connectivity index (χ1v) is 7.93. The molecule has 1 N–H and O–H groups in total. The van der Waals surface area contributed by atoms with Crippen molar-refractivity contribution in [1.29, 1.82) is 0 Å². The predicted octanol–water partition coefficient (Wildman–Crippen LogP) is 3.00. The molecule has 1 aromatic carbocycles. The standard InChI is InChI=1S/C17H17ClN2O4/c1-10-9-20(14-7-12(18)3-5-15(14)23-10)17(22)16-6-4-13(24-16)8-19-11(2)21/h3-7,10H,8-9H2,1-2H3,(H,19,21). The number of hydrogen-bond donors (Lipinski definition) is 1. The number of hydrogen-bond acceptors (Lipinski definition) is 4. The third-order valence-electron chi connectivity index (χ3n) is 3.61. The Hall–Kier alpha value is -2.47. The Kier molecular flexibility index (Phi) is 4.49. The topological polar surface area (TPSA) is 71.8 Å². The predicted molar refractivity (Wildman–Crippen MR) is 89.4 cm³/mol. The maximum absolute atomic E-state index is 12.8. The highest BCUT2D eigenvalue weighted by molar-refractivity contribution is 6.31. The largest absolute Gasteiger partial charge is 0.487 e. The van der Waals surface area contributed by atoms with Crippen LogP contribution >= 0.6 is 11.6 Å². The number of carbonyl (C=O) groups excluding carboxylic acids is 2. The van der Waals surface area contributed by atoms with E-state index in [1.807, 2.05) is 6.92 Å². The summed E-state index contributed by atoms with van der Waals surface area (Å²) < 4.78 is 11.3. The minimum absolute atomic E-state index is 0.142. The number of fused-ring (bicyclic) bond motifs is 1. The fourth-order valence-corrected chi connectivity index (χ4v) is 2.70. The van der Waals surface area contributed by atoms with Gasteiger partial charge in [-0.15, -0.1) is 0 Å². The van der Waals surface area contributed by atoms with Crippen molar-refractivity contribution in [1.82, 2.24) is 5.32 Å². The maximum Gasteiger partial charge on any atom is 0.294 e. The highest BCUT2D eigenvalue weighted by Crippen LogP contribution is 2.36. The Morgan fingerprint density at radius 1 is 1.33 bits per heavy atom. The number of benzene rings is 1. The number of carbonyl (C=O) groups is 2. The summed E-state index contributed by atoms with van der Waals surface area (Å²) in [5.41, 5.74) is 0.616. The number of ether oxygens (including phenoxy) is 1. The first kappa shape index (κ1) is 16.4. The number of nitrogens with one attached hydrogen (secondary N) is 1. The number of furan rings is 1. The van der Waals surface area contributed by atoms with Crippen molar-refractivity contribution < 1.29 is 18.7 Å². The molecule has 0 aliphatic carbocycles. The number of halogens is 1. The maximum atomic E-state index is 12.8. The van der Waals surface area contributed by atoms with Crippen LogP contribution in [0.3, 0.4) is 0 Å². The van der Waals surface area contributed by atoms with Crippen molar-refractivity contribution in [2.45, 2.75) is 26.5 Å². The molecular weight excluding hydrogens is 332 g/mol. The van der Waals surface area contributed by atoms with Crippen molar-refractivity contribution in [2.75, 3.05) is 11.4 Å². The zero-order valence-electron chi connectivity index (χ0n) is 13.3. The van der Waals surface area contributed by atoms with Gasteiger partial charge in [0.15, 0.2) is 5.76 Å². The van der Waals surface area contributed by atoms with Crippen LogP contribution in [0.1, 0.15) is 30.2 Å². The molecule has 0 spiro atoms. The fraction of sp³-hybridized carbons (Fsp3) is 0.294. The van der Waals surface area contributed by atoms with Gasteiger partial charge < -0.3 is 14.5 Å². The van der Waals surface area contributed by atoms with Crippen molar-refractivity contribution in [3.8, 4) is 5.75 Å². The van der Waals surface area contributed by atoms with Gasteiger partial charge in [-0.1, -0.05) is 11.6 Å². The van der Waals surface area contributed by atoms with Crippen LogP contribution in [0.2, 0.25) is 5.02 Å². The van der Waals surface area contributed by atoms with Crippen LogP contribution in [0.4, 0.5) is 5.69 Å². The van der Waals surface area contributed by atoms with Crippen LogP contribution in [0.25, 0.3) is 0 Å². The van der Waals surface area contributed by atoms with E-state index in [-0.39, 0.29) is 30.2 Å². The summed E-state index contributed by atoms with van der Waals surface area (Å²) in [4.78, 5) is 25.4.